The number of nitrogens with one attached hydrogen (secondary N) is 1. The molecule has 138 valence electrons. The molecule has 0 saturated heterocycles. The van der Waals surface area contributed by atoms with Gasteiger partial charge in [-0.15, -0.1) is 0 Å². The molecule has 0 bridgehead atoms. The van der Waals surface area contributed by atoms with Crippen LogP contribution in [-0.4, -0.2) is 50.6 Å². The van der Waals surface area contributed by atoms with Crippen molar-refractivity contribution >= 4 is 11.6 Å². The van der Waals surface area contributed by atoms with E-state index in [1.807, 2.05) is 5.32 Å². The number of rotatable bonds is 10. The summed E-state index contributed by atoms with van der Waals surface area (Å²) in [6.45, 7) is 0.0798. The summed E-state index contributed by atoms with van der Waals surface area (Å²) in [5, 5.41) is 13.0. The Kier molecular flexibility index (Phi) is 8.64. The molecule has 0 aromatic heterocycles. The second kappa shape index (κ2) is 10.5. The number of hydrogen-bond acceptors (Lipinski definition) is 5. The molecule has 2 N–H and O–H groups in total. The Labute approximate surface area is 139 Å². The van der Waals surface area contributed by atoms with Crippen LogP contribution in [0.4, 0.5) is 23.2 Å². The average molecular weight is 366 g/mol. The van der Waals surface area contributed by atoms with E-state index in [1.165, 1.54) is 0 Å². The van der Waals surface area contributed by atoms with Gasteiger partial charge < -0.3 is 19.9 Å². The summed E-state index contributed by atoms with van der Waals surface area (Å²) >= 11 is 0. The van der Waals surface area contributed by atoms with Gasteiger partial charge in [-0.05, 0) is 5.53 Å². The lowest BCUT2D eigenvalue weighted by molar-refractivity contribution is 0.0338. The number of benzene rings is 1. The number of halogens is 4. The topological polar surface area (TPSA) is 117 Å². The number of ether oxygens (including phenoxy) is 2. The first kappa shape index (κ1) is 20.6. The van der Waals surface area contributed by atoms with Crippen LogP contribution in [-0.2, 0) is 9.47 Å². The van der Waals surface area contributed by atoms with Crippen LogP contribution in [0.5, 0.6) is 0 Å². The first-order valence-electron chi connectivity index (χ1n) is 6.91. The van der Waals surface area contributed by atoms with Gasteiger partial charge in [0.2, 0.25) is 0 Å². The van der Waals surface area contributed by atoms with E-state index in [1.54, 1.807) is 0 Å². The summed E-state index contributed by atoms with van der Waals surface area (Å²) < 4.78 is 64.5. The number of azide groups is 1. The first-order valence-corrected chi connectivity index (χ1v) is 6.91. The fourth-order valence-corrected chi connectivity index (χ4v) is 1.66. The fourth-order valence-electron chi connectivity index (χ4n) is 1.66. The third-order valence-corrected chi connectivity index (χ3v) is 2.75. The van der Waals surface area contributed by atoms with Crippen LogP contribution < -0.4 is 5.32 Å². The highest BCUT2D eigenvalue weighted by atomic mass is 19.2. The lowest BCUT2D eigenvalue weighted by atomic mass is 10.1. The van der Waals surface area contributed by atoms with Crippen molar-refractivity contribution < 1.29 is 36.9 Å². The Morgan fingerprint density at radius 3 is 2.12 bits per heavy atom. The highest BCUT2D eigenvalue weighted by Gasteiger charge is 2.28. The Morgan fingerprint density at radius 1 is 1.04 bits per heavy atom. The van der Waals surface area contributed by atoms with Crippen molar-refractivity contribution in [1.82, 2.24) is 5.32 Å². The number of aliphatic hydroxyl groups excluding tert-OH is 1. The molecule has 0 aliphatic carbocycles. The van der Waals surface area contributed by atoms with Crippen LogP contribution in [0, 0.1) is 23.3 Å². The molecule has 0 radical (unpaired) electrons. The normalized spacial score (nSPS) is 10.4. The van der Waals surface area contributed by atoms with Gasteiger partial charge in [0.25, 0.3) is 5.91 Å². The standard InChI is InChI=1S/C13H14F4N4O4/c14-8-7(9(15)11(17)12(10(8)16)20-21-18)13(23)19-1-3-24-5-6-25-4-2-22/h22H,1-6H2,(H,19,23). The summed E-state index contributed by atoms with van der Waals surface area (Å²) in [5.41, 5.74) is 5.16. The van der Waals surface area contributed by atoms with Crippen LogP contribution >= 0.6 is 0 Å². The van der Waals surface area contributed by atoms with Crippen molar-refractivity contribution in [3.05, 3.63) is 39.3 Å². The predicted molar refractivity (Wildman–Crippen MR) is 76.1 cm³/mol. The van der Waals surface area contributed by atoms with Gasteiger partial charge in [0.05, 0.1) is 33.0 Å². The van der Waals surface area contributed by atoms with Crippen molar-refractivity contribution in [2.75, 3.05) is 39.6 Å². The number of amides is 1. The minimum Gasteiger partial charge on any atom is -0.394 e. The van der Waals surface area contributed by atoms with Gasteiger partial charge in [-0.3, -0.25) is 4.79 Å². The number of aliphatic hydroxyl groups is 1. The zero-order chi connectivity index (χ0) is 18.8. The quantitative estimate of drug-likeness (QED) is 0.164. The summed E-state index contributed by atoms with van der Waals surface area (Å²) in [6.07, 6.45) is 0. The molecular weight excluding hydrogens is 352 g/mol. The van der Waals surface area contributed by atoms with Crippen LogP contribution in [0.1, 0.15) is 10.4 Å². The molecular formula is C13H14F4N4O4. The number of carbonyl (C=O) groups is 1. The summed E-state index contributed by atoms with van der Waals surface area (Å²) in [7, 11) is 0. The van der Waals surface area contributed by atoms with Gasteiger partial charge in [-0.1, -0.05) is 5.11 Å². The van der Waals surface area contributed by atoms with Crippen molar-refractivity contribution in [2.45, 2.75) is 0 Å². The lowest BCUT2D eigenvalue weighted by Gasteiger charge is -2.10. The van der Waals surface area contributed by atoms with Crippen molar-refractivity contribution in [2.24, 2.45) is 5.11 Å². The molecule has 12 heteroatoms. The molecule has 0 unspecified atom stereocenters. The van der Waals surface area contributed by atoms with Gasteiger partial charge >= 0.3 is 0 Å². The van der Waals surface area contributed by atoms with Crippen molar-refractivity contribution in [1.29, 1.82) is 0 Å². The lowest BCUT2D eigenvalue weighted by Crippen LogP contribution is -2.30. The van der Waals surface area contributed by atoms with E-state index >= 15 is 0 Å². The van der Waals surface area contributed by atoms with Gasteiger partial charge in [0.1, 0.15) is 11.3 Å². The highest BCUT2D eigenvalue weighted by Crippen LogP contribution is 2.30. The fraction of sp³-hybridized carbons (Fsp3) is 0.462. The average Bonchev–Trinajstić information content (AvgIpc) is 2.59. The van der Waals surface area contributed by atoms with E-state index in [0.29, 0.717) is 0 Å². The molecule has 0 saturated carbocycles. The predicted octanol–water partition coefficient (Wildman–Crippen LogP) is 1.94. The molecule has 0 spiro atoms. The highest BCUT2D eigenvalue weighted by molar-refractivity contribution is 5.95. The van der Waals surface area contributed by atoms with Gasteiger partial charge in [-0.25, -0.2) is 17.6 Å². The molecule has 0 heterocycles. The van der Waals surface area contributed by atoms with Crippen molar-refractivity contribution in [3.63, 3.8) is 0 Å². The molecule has 1 aromatic carbocycles. The molecule has 0 atom stereocenters. The zero-order valence-corrected chi connectivity index (χ0v) is 12.8. The maximum absolute atomic E-state index is 13.7. The van der Waals surface area contributed by atoms with Crippen LogP contribution in [0.15, 0.2) is 5.11 Å². The zero-order valence-electron chi connectivity index (χ0n) is 12.8. The van der Waals surface area contributed by atoms with Gasteiger partial charge in [-0.2, -0.15) is 0 Å². The Bertz CT molecular complexity index is 639. The number of carbonyl (C=O) groups excluding carboxylic acids is 1. The molecule has 0 aliphatic rings. The second-order valence-electron chi connectivity index (χ2n) is 4.37. The largest absolute Gasteiger partial charge is 0.394 e. The maximum Gasteiger partial charge on any atom is 0.257 e. The SMILES string of the molecule is [N-]=[N+]=Nc1c(F)c(F)c(C(=O)NCCOCCOCCO)c(F)c1F. The number of nitrogens with zero attached hydrogens (tertiary/aromatic N) is 3. The second-order valence-corrected chi connectivity index (χ2v) is 4.37. The summed E-state index contributed by atoms with van der Waals surface area (Å²) in [5.74, 6) is -9.30. The van der Waals surface area contributed by atoms with E-state index in [0.717, 1.165) is 0 Å². The van der Waals surface area contributed by atoms with E-state index in [4.69, 9.17) is 20.1 Å². The number of hydrogen-bond donors (Lipinski definition) is 2. The molecule has 1 amide bonds. The minimum absolute atomic E-state index is 0.0563. The third kappa shape index (κ3) is 5.57. The smallest absolute Gasteiger partial charge is 0.257 e. The molecule has 25 heavy (non-hydrogen) atoms. The monoisotopic (exact) mass is 366 g/mol. The molecule has 0 fully saturated rings. The Balaban J connectivity index is 2.66. The van der Waals surface area contributed by atoms with E-state index in [-0.39, 0.29) is 39.6 Å². The summed E-state index contributed by atoms with van der Waals surface area (Å²) in [6, 6.07) is 0. The Morgan fingerprint density at radius 2 is 1.60 bits per heavy atom. The van der Waals surface area contributed by atoms with E-state index < -0.39 is 40.4 Å². The molecule has 1 rings (SSSR count). The van der Waals surface area contributed by atoms with Gasteiger partial charge in [0.15, 0.2) is 23.3 Å². The van der Waals surface area contributed by atoms with Crippen molar-refractivity contribution in [3.8, 4) is 0 Å². The maximum atomic E-state index is 13.7. The first-order chi connectivity index (χ1) is 12.0. The molecule has 0 aliphatic heterocycles. The van der Waals surface area contributed by atoms with Crippen LogP contribution in [0.2, 0.25) is 0 Å². The van der Waals surface area contributed by atoms with Gasteiger partial charge in [0, 0.05) is 11.5 Å². The molecule has 1 aromatic rings. The van der Waals surface area contributed by atoms with Crippen LogP contribution in [0.25, 0.3) is 10.4 Å². The minimum atomic E-state index is -1.97. The van der Waals surface area contributed by atoms with Crippen LogP contribution in [0.3, 0.4) is 0 Å². The third-order valence-electron chi connectivity index (χ3n) is 2.75. The van der Waals surface area contributed by atoms with E-state index in [2.05, 4.69) is 10.0 Å². The summed E-state index contributed by atoms with van der Waals surface area (Å²) in [4.78, 5) is 13.7. The molecule has 8 nitrogen and oxygen atoms in total. The Hall–Kier alpha value is -2.40. The van der Waals surface area contributed by atoms with E-state index in [9.17, 15) is 22.4 Å².